The van der Waals surface area contributed by atoms with Crippen molar-refractivity contribution in [1.82, 2.24) is 10.7 Å². The molecule has 0 aliphatic rings. The van der Waals surface area contributed by atoms with Crippen molar-refractivity contribution >= 4 is 46.0 Å². The van der Waals surface area contributed by atoms with Crippen molar-refractivity contribution in [3.63, 3.8) is 0 Å². The van der Waals surface area contributed by atoms with Crippen LogP contribution in [0.4, 0.5) is 0 Å². The first kappa shape index (κ1) is 23.5. The minimum Gasteiger partial charge on any atom is -0.507 e. The van der Waals surface area contributed by atoms with E-state index in [0.29, 0.717) is 15.8 Å². The predicted octanol–water partition coefficient (Wildman–Crippen LogP) is 3.25. The lowest BCUT2D eigenvalue weighted by atomic mass is 10.2. The van der Waals surface area contributed by atoms with Gasteiger partial charge in [0.1, 0.15) is 17.3 Å². The summed E-state index contributed by atoms with van der Waals surface area (Å²) in [6, 6.07) is 14.3. The number of phenols is 1. The van der Waals surface area contributed by atoms with Crippen LogP contribution < -0.4 is 15.5 Å². The van der Waals surface area contributed by atoms with Crippen LogP contribution >= 0.6 is 15.9 Å². The average Bonchev–Trinajstić information content (AvgIpc) is 3.32. The third-order valence-electron chi connectivity index (χ3n) is 4.06. The number of phenolic OH excluding ortho intramolecular Hbond substituents is 1. The molecule has 3 aromatic rings. The fraction of sp³-hybridized carbons (Fsp3) is 0.0435. The second kappa shape index (κ2) is 11.4. The molecule has 3 rings (SSSR count). The molecule has 1 aromatic heterocycles. The van der Waals surface area contributed by atoms with Gasteiger partial charge in [0.15, 0.2) is 0 Å². The Morgan fingerprint density at radius 3 is 2.70 bits per heavy atom. The predicted molar refractivity (Wildman–Crippen MR) is 124 cm³/mol. The fourth-order valence-corrected chi connectivity index (χ4v) is 2.91. The molecule has 2 aromatic carbocycles. The molecule has 0 spiro atoms. The summed E-state index contributed by atoms with van der Waals surface area (Å²) in [5.41, 5.74) is 2.74. The molecule has 0 radical (unpaired) electrons. The minimum absolute atomic E-state index is 0.0514. The van der Waals surface area contributed by atoms with Crippen molar-refractivity contribution in [3.8, 4) is 11.5 Å². The molecule has 168 valence electrons. The SMILES string of the molecule is O=C(CNC(=O)c1ccccc1O)N/N=C\c1cc(Br)ccc1OC(=O)/C=C\c1ccco1. The summed E-state index contributed by atoms with van der Waals surface area (Å²) in [6.07, 6.45) is 5.47. The van der Waals surface area contributed by atoms with Crippen molar-refractivity contribution < 1.29 is 28.6 Å². The van der Waals surface area contributed by atoms with E-state index in [2.05, 4.69) is 31.8 Å². The number of aromatic hydroxyl groups is 1. The van der Waals surface area contributed by atoms with E-state index < -0.39 is 17.8 Å². The summed E-state index contributed by atoms with van der Waals surface area (Å²) in [7, 11) is 0. The van der Waals surface area contributed by atoms with Crippen LogP contribution in [-0.4, -0.2) is 35.6 Å². The maximum Gasteiger partial charge on any atom is 0.336 e. The zero-order valence-corrected chi connectivity index (χ0v) is 18.6. The number of ether oxygens (including phenoxy) is 1. The number of hydrogen-bond donors (Lipinski definition) is 3. The summed E-state index contributed by atoms with van der Waals surface area (Å²) < 4.78 is 11.1. The molecule has 0 fully saturated rings. The summed E-state index contributed by atoms with van der Waals surface area (Å²) >= 11 is 3.33. The lowest BCUT2D eigenvalue weighted by Crippen LogP contribution is -2.34. The van der Waals surface area contributed by atoms with Gasteiger partial charge in [0, 0.05) is 16.1 Å². The van der Waals surface area contributed by atoms with Gasteiger partial charge in [-0.3, -0.25) is 9.59 Å². The molecule has 2 amide bonds. The first-order chi connectivity index (χ1) is 15.9. The highest BCUT2D eigenvalue weighted by Gasteiger charge is 2.11. The third-order valence-corrected chi connectivity index (χ3v) is 4.55. The van der Waals surface area contributed by atoms with E-state index in [0.717, 1.165) is 0 Å². The van der Waals surface area contributed by atoms with Crippen molar-refractivity contribution in [1.29, 1.82) is 0 Å². The van der Waals surface area contributed by atoms with Crippen LogP contribution in [0.25, 0.3) is 6.08 Å². The van der Waals surface area contributed by atoms with E-state index in [1.807, 2.05) is 0 Å². The fourth-order valence-electron chi connectivity index (χ4n) is 2.53. The summed E-state index contributed by atoms with van der Waals surface area (Å²) in [5, 5.41) is 15.9. The molecule has 0 bridgehead atoms. The molecule has 0 atom stereocenters. The molecule has 10 heteroatoms. The van der Waals surface area contributed by atoms with Crippen molar-refractivity contribution in [2.75, 3.05) is 6.54 Å². The number of rotatable bonds is 8. The van der Waals surface area contributed by atoms with E-state index in [9.17, 15) is 19.5 Å². The van der Waals surface area contributed by atoms with Gasteiger partial charge in [-0.25, -0.2) is 10.2 Å². The van der Waals surface area contributed by atoms with E-state index in [-0.39, 0.29) is 23.6 Å². The Morgan fingerprint density at radius 1 is 1.12 bits per heavy atom. The number of esters is 1. The van der Waals surface area contributed by atoms with Gasteiger partial charge in [-0.05, 0) is 48.5 Å². The number of carbonyl (C=O) groups excluding carboxylic acids is 3. The second-order valence-electron chi connectivity index (χ2n) is 6.45. The number of benzene rings is 2. The Kier molecular flexibility index (Phi) is 8.14. The maximum absolute atomic E-state index is 12.1. The monoisotopic (exact) mass is 511 g/mol. The van der Waals surface area contributed by atoms with E-state index in [1.54, 1.807) is 42.5 Å². The van der Waals surface area contributed by atoms with Crippen LogP contribution in [0.2, 0.25) is 0 Å². The molecule has 3 N–H and O–H groups in total. The number of para-hydroxylation sites is 1. The standard InChI is InChI=1S/C23H18BrN3O6/c24-16-7-9-20(33-22(30)10-8-17-4-3-11-32-17)15(12-16)13-26-27-21(29)14-25-23(31)18-5-1-2-6-19(18)28/h1-13,28H,14H2,(H,25,31)(H,27,29)/b10-8-,26-13-. The number of hydrogen-bond acceptors (Lipinski definition) is 7. The first-order valence-corrected chi connectivity index (χ1v) is 10.3. The van der Waals surface area contributed by atoms with Gasteiger partial charge in [-0.15, -0.1) is 0 Å². The van der Waals surface area contributed by atoms with Crippen LogP contribution in [0.5, 0.6) is 11.5 Å². The number of halogens is 1. The molecule has 0 saturated carbocycles. The Bertz CT molecular complexity index is 1200. The van der Waals surface area contributed by atoms with Gasteiger partial charge in [-0.1, -0.05) is 28.1 Å². The Balaban J connectivity index is 1.56. The largest absolute Gasteiger partial charge is 0.507 e. The van der Waals surface area contributed by atoms with Crippen molar-refractivity contribution in [2.24, 2.45) is 5.10 Å². The molecule has 0 unspecified atom stereocenters. The lowest BCUT2D eigenvalue weighted by Gasteiger charge is -2.07. The van der Waals surface area contributed by atoms with Gasteiger partial charge < -0.3 is 19.6 Å². The third kappa shape index (κ3) is 7.18. The van der Waals surface area contributed by atoms with Gasteiger partial charge in [0.25, 0.3) is 11.8 Å². The number of furan rings is 1. The molecule has 0 aliphatic carbocycles. The molecular formula is C23H18BrN3O6. The number of hydrazone groups is 1. The van der Waals surface area contributed by atoms with E-state index in [4.69, 9.17) is 9.15 Å². The van der Waals surface area contributed by atoms with Crippen LogP contribution in [0.1, 0.15) is 21.7 Å². The average molecular weight is 512 g/mol. The lowest BCUT2D eigenvalue weighted by molar-refractivity contribution is -0.129. The van der Waals surface area contributed by atoms with Gasteiger partial charge in [0.2, 0.25) is 0 Å². The number of amides is 2. The van der Waals surface area contributed by atoms with E-state index in [1.165, 1.54) is 36.8 Å². The summed E-state index contributed by atoms with van der Waals surface area (Å²) in [4.78, 5) is 36.1. The number of nitrogens with zero attached hydrogens (tertiary/aromatic N) is 1. The molecule has 1 heterocycles. The highest BCUT2D eigenvalue weighted by atomic mass is 79.9. The topological polar surface area (TPSA) is 130 Å². The van der Waals surface area contributed by atoms with Crippen LogP contribution in [0.3, 0.4) is 0 Å². The zero-order chi connectivity index (χ0) is 23.6. The quantitative estimate of drug-likeness (QED) is 0.140. The minimum atomic E-state index is -0.626. The molecule has 9 nitrogen and oxygen atoms in total. The summed E-state index contributed by atoms with van der Waals surface area (Å²) in [5.74, 6) is -1.29. The highest BCUT2D eigenvalue weighted by molar-refractivity contribution is 9.10. The Morgan fingerprint density at radius 2 is 1.94 bits per heavy atom. The first-order valence-electron chi connectivity index (χ1n) is 9.53. The van der Waals surface area contributed by atoms with Crippen molar-refractivity contribution in [3.05, 3.63) is 88.3 Å². The summed E-state index contributed by atoms with van der Waals surface area (Å²) in [6.45, 7) is -0.359. The maximum atomic E-state index is 12.1. The highest BCUT2D eigenvalue weighted by Crippen LogP contribution is 2.22. The second-order valence-corrected chi connectivity index (χ2v) is 7.36. The van der Waals surface area contributed by atoms with Crippen LogP contribution in [0, 0.1) is 0 Å². The molecule has 0 aliphatic heterocycles. The van der Waals surface area contributed by atoms with Gasteiger partial charge >= 0.3 is 5.97 Å². The number of nitrogens with one attached hydrogen (secondary N) is 2. The smallest absolute Gasteiger partial charge is 0.336 e. The van der Waals surface area contributed by atoms with Gasteiger partial charge in [-0.2, -0.15) is 5.10 Å². The normalized spacial score (nSPS) is 10.9. The molecule has 33 heavy (non-hydrogen) atoms. The van der Waals surface area contributed by atoms with Crippen LogP contribution in [0.15, 0.2) is 80.9 Å². The van der Waals surface area contributed by atoms with E-state index >= 15 is 0 Å². The zero-order valence-electron chi connectivity index (χ0n) is 17.0. The Labute approximate surface area is 196 Å². The van der Waals surface area contributed by atoms with Crippen molar-refractivity contribution in [2.45, 2.75) is 0 Å². The number of carbonyl (C=O) groups is 3. The molecule has 0 saturated heterocycles. The molecular weight excluding hydrogens is 494 g/mol. The van der Waals surface area contributed by atoms with Crippen LogP contribution in [-0.2, 0) is 9.59 Å². The Hall–Kier alpha value is -4.18. The van der Waals surface area contributed by atoms with Gasteiger partial charge in [0.05, 0.1) is 24.6 Å².